The minimum absolute atomic E-state index is 0.102. The highest BCUT2D eigenvalue weighted by Crippen LogP contribution is 2.39. The summed E-state index contributed by atoms with van der Waals surface area (Å²) in [6, 6.07) is 8.29. The molecular weight excluding hydrogens is 346 g/mol. The fraction of sp³-hybridized carbons (Fsp3) is 0.526. The summed E-state index contributed by atoms with van der Waals surface area (Å²) in [7, 11) is 5.89. The van der Waals surface area contributed by atoms with Gasteiger partial charge < -0.3 is 14.4 Å². The van der Waals surface area contributed by atoms with Crippen molar-refractivity contribution in [3.05, 3.63) is 35.7 Å². The van der Waals surface area contributed by atoms with Crippen molar-refractivity contribution in [1.29, 1.82) is 0 Å². The highest BCUT2D eigenvalue weighted by atomic mass is 32.2. The Labute approximate surface area is 159 Å². The lowest BCUT2D eigenvalue weighted by Crippen LogP contribution is -2.28. The molecule has 6 nitrogen and oxygen atoms in total. The SMILES string of the molecule is CCn1c(SCC(=O)N(C)Cc2ccc(N(C)C)cc2)nnc1C1CC1. The largest absolute Gasteiger partial charge is 0.378 e. The molecule has 1 fully saturated rings. The van der Waals surface area contributed by atoms with Crippen LogP contribution in [0.15, 0.2) is 29.4 Å². The van der Waals surface area contributed by atoms with Gasteiger partial charge in [0.1, 0.15) is 5.82 Å². The number of anilines is 1. The van der Waals surface area contributed by atoms with Crippen molar-refractivity contribution in [2.24, 2.45) is 0 Å². The second-order valence-electron chi connectivity index (χ2n) is 6.96. The van der Waals surface area contributed by atoms with Gasteiger partial charge in [-0.05, 0) is 37.5 Å². The molecule has 1 aliphatic carbocycles. The van der Waals surface area contributed by atoms with Gasteiger partial charge >= 0.3 is 0 Å². The van der Waals surface area contributed by atoms with E-state index in [-0.39, 0.29) is 5.91 Å². The van der Waals surface area contributed by atoms with Crippen LogP contribution in [0.4, 0.5) is 5.69 Å². The van der Waals surface area contributed by atoms with Gasteiger partial charge in [0.05, 0.1) is 5.75 Å². The molecule has 1 aliphatic rings. The predicted molar refractivity (Wildman–Crippen MR) is 106 cm³/mol. The average molecular weight is 374 g/mol. The van der Waals surface area contributed by atoms with Gasteiger partial charge in [0.2, 0.25) is 5.91 Å². The van der Waals surface area contributed by atoms with Crippen molar-refractivity contribution in [1.82, 2.24) is 19.7 Å². The number of hydrogen-bond acceptors (Lipinski definition) is 5. The zero-order valence-corrected chi connectivity index (χ0v) is 16.8. The molecule has 7 heteroatoms. The minimum Gasteiger partial charge on any atom is -0.378 e. The molecule has 2 aromatic rings. The summed E-state index contributed by atoms with van der Waals surface area (Å²) in [5.41, 5.74) is 2.29. The number of carbonyl (C=O) groups is 1. The number of amides is 1. The number of nitrogens with zero attached hydrogens (tertiary/aromatic N) is 5. The molecule has 26 heavy (non-hydrogen) atoms. The molecule has 0 radical (unpaired) electrons. The molecule has 1 aromatic carbocycles. The molecule has 1 saturated carbocycles. The molecule has 0 saturated heterocycles. The maximum Gasteiger partial charge on any atom is 0.233 e. The van der Waals surface area contributed by atoms with Crippen molar-refractivity contribution in [2.45, 2.75) is 43.9 Å². The van der Waals surface area contributed by atoms with Crippen molar-refractivity contribution in [3.63, 3.8) is 0 Å². The minimum atomic E-state index is 0.102. The van der Waals surface area contributed by atoms with Crippen molar-refractivity contribution in [2.75, 3.05) is 31.8 Å². The van der Waals surface area contributed by atoms with Gasteiger partial charge in [0, 0.05) is 45.8 Å². The first-order valence-electron chi connectivity index (χ1n) is 9.05. The number of thioether (sulfide) groups is 1. The fourth-order valence-corrected chi connectivity index (χ4v) is 3.80. The van der Waals surface area contributed by atoms with E-state index in [1.54, 1.807) is 4.90 Å². The van der Waals surface area contributed by atoms with Crippen molar-refractivity contribution in [3.8, 4) is 0 Å². The Kier molecular flexibility index (Phi) is 5.86. The Bertz CT molecular complexity index is 752. The molecule has 1 amide bonds. The molecule has 3 rings (SSSR count). The molecule has 140 valence electrons. The molecule has 0 N–H and O–H groups in total. The van der Waals surface area contributed by atoms with Crippen LogP contribution in [0.25, 0.3) is 0 Å². The smallest absolute Gasteiger partial charge is 0.233 e. The van der Waals surface area contributed by atoms with E-state index in [1.807, 2.05) is 21.1 Å². The van der Waals surface area contributed by atoms with Crippen LogP contribution in [-0.4, -0.2) is 52.5 Å². The van der Waals surface area contributed by atoms with Crippen LogP contribution in [0.5, 0.6) is 0 Å². The molecule has 0 unspecified atom stereocenters. The lowest BCUT2D eigenvalue weighted by Gasteiger charge is -2.18. The molecule has 1 aromatic heterocycles. The third kappa shape index (κ3) is 4.38. The second-order valence-corrected chi connectivity index (χ2v) is 7.90. The quantitative estimate of drug-likeness (QED) is 0.666. The van der Waals surface area contributed by atoms with Gasteiger partial charge in [-0.2, -0.15) is 0 Å². The van der Waals surface area contributed by atoms with Gasteiger partial charge in [-0.15, -0.1) is 10.2 Å². The average Bonchev–Trinajstić information content (AvgIpc) is 3.39. The van der Waals surface area contributed by atoms with Crippen LogP contribution in [0.1, 0.15) is 37.1 Å². The van der Waals surface area contributed by atoms with Gasteiger partial charge in [-0.1, -0.05) is 23.9 Å². The van der Waals surface area contributed by atoms with Crippen LogP contribution in [0.2, 0.25) is 0 Å². The summed E-state index contributed by atoms with van der Waals surface area (Å²) in [4.78, 5) is 16.3. The zero-order valence-electron chi connectivity index (χ0n) is 16.0. The lowest BCUT2D eigenvalue weighted by molar-refractivity contribution is -0.127. The van der Waals surface area contributed by atoms with Gasteiger partial charge in [-0.25, -0.2) is 0 Å². The van der Waals surface area contributed by atoms with Crippen LogP contribution in [-0.2, 0) is 17.9 Å². The fourth-order valence-electron chi connectivity index (χ4n) is 2.85. The first kappa shape index (κ1) is 18.8. The third-order valence-electron chi connectivity index (χ3n) is 4.63. The van der Waals surface area contributed by atoms with Gasteiger partial charge in [0.15, 0.2) is 5.16 Å². The summed E-state index contributed by atoms with van der Waals surface area (Å²) in [6.07, 6.45) is 2.41. The molecule has 0 aliphatic heterocycles. The van der Waals surface area contributed by atoms with Crippen molar-refractivity contribution < 1.29 is 4.79 Å². The maximum atomic E-state index is 12.5. The molecule has 0 atom stereocenters. The lowest BCUT2D eigenvalue weighted by atomic mass is 10.2. The number of aromatic nitrogens is 3. The van der Waals surface area contributed by atoms with E-state index in [2.05, 4.69) is 50.9 Å². The second kappa shape index (κ2) is 8.12. The normalized spacial score (nSPS) is 13.7. The third-order valence-corrected chi connectivity index (χ3v) is 5.58. The number of hydrogen-bond donors (Lipinski definition) is 0. The summed E-state index contributed by atoms with van der Waals surface area (Å²) in [5, 5.41) is 9.47. The zero-order chi connectivity index (χ0) is 18.7. The summed E-state index contributed by atoms with van der Waals surface area (Å²) >= 11 is 1.48. The predicted octanol–water partition coefficient (Wildman–Crippen LogP) is 2.99. The van der Waals surface area contributed by atoms with E-state index in [0.717, 1.165) is 28.8 Å². The maximum absolute atomic E-state index is 12.5. The van der Waals surface area contributed by atoms with Crippen LogP contribution < -0.4 is 4.90 Å². The van der Waals surface area contributed by atoms with E-state index in [9.17, 15) is 4.79 Å². The highest BCUT2D eigenvalue weighted by molar-refractivity contribution is 7.99. The summed E-state index contributed by atoms with van der Waals surface area (Å²) in [6.45, 7) is 3.56. The molecule has 0 bridgehead atoms. The Balaban J connectivity index is 1.54. The Morgan fingerprint density at radius 2 is 1.88 bits per heavy atom. The highest BCUT2D eigenvalue weighted by Gasteiger charge is 2.30. The van der Waals surface area contributed by atoms with Crippen molar-refractivity contribution >= 4 is 23.4 Å². The Morgan fingerprint density at radius 3 is 2.46 bits per heavy atom. The van der Waals surface area contributed by atoms with E-state index >= 15 is 0 Å². The van der Waals surface area contributed by atoms with Gasteiger partial charge in [0.25, 0.3) is 0 Å². The van der Waals surface area contributed by atoms with Crippen LogP contribution in [0.3, 0.4) is 0 Å². The van der Waals surface area contributed by atoms with Crippen LogP contribution >= 0.6 is 11.8 Å². The molecular formula is C19H27N5OS. The summed E-state index contributed by atoms with van der Waals surface area (Å²) < 4.78 is 2.15. The standard InChI is InChI=1S/C19H27N5OS/c1-5-24-18(15-8-9-15)20-21-19(24)26-13-17(25)23(4)12-14-6-10-16(11-7-14)22(2)3/h6-7,10-11,15H,5,8-9,12-13H2,1-4H3. The molecule has 1 heterocycles. The Morgan fingerprint density at radius 1 is 1.19 bits per heavy atom. The van der Waals surface area contributed by atoms with E-state index in [4.69, 9.17) is 0 Å². The van der Waals surface area contributed by atoms with Gasteiger partial charge in [-0.3, -0.25) is 4.79 Å². The first-order chi connectivity index (χ1) is 12.5. The first-order valence-corrected chi connectivity index (χ1v) is 10.0. The number of benzene rings is 1. The van der Waals surface area contributed by atoms with E-state index in [0.29, 0.717) is 18.2 Å². The number of rotatable bonds is 8. The van der Waals surface area contributed by atoms with Crippen LogP contribution in [0, 0.1) is 0 Å². The molecule has 0 spiro atoms. The summed E-state index contributed by atoms with van der Waals surface area (Å²) in [5.74, 6) is 2.14. The Hall–Kier alpha value is -2.02. The number of carbonyl (C=O) groups excluding carboxylic acids is 1. The van der Waals surface area contributed by atoms with E-state index in [1.165, 1.54) is 24.6 Å². The van der Waals surface area contributed by atoms with E-state index < -0.39 is 0 Å². The monoisotopic (exact) mass is 373 g/mol. The topological polar surface area (TPSA) is 54.3 Å².